The maximum atomic E-state index is 14.5. The number of esters is 1. The third-order valence-electron chi connectivity index (χ3n) is 3.92. The second kappa shape index (κ2) is 7.23. The summed E-state index contributed by atoms with van der Waals surface area (Å²) in [5.74, 6) is -0.758. The molecule has 0 saturated heterocycles. The third-order valence-corrected chi connectivity index (χ3v) is 5.97. The number of hydrogen-bond donors (Lipinski definition) is 1. The van der Waals surface area contributed by atoms with Crippen LogP contribution in [0.25, 0.3) is 0 Å². The molecular weight excluding hydrogens is 323 g/mol. The molecule has 1 heterocycles. The zero-order valence-electron chi connectivity index (χ0n) is 14.5. The Labute approximate surface area is 142 Å². The first-order valence-corrected chi connectivity index (χ1v) is 11.3. The lowest BCUT2D eigenvalue weighted by Gasteiger charge is -2.17. The molecule has 0 aliphatic rings. The van der Waals surface area contributed by atoms with Crippen molar-refractivity contribution >= 4 is 19.2 Å². The van der Waals surface area contributed by atoms with Crippen molar-refractivity contribution in [1.29, 1.82) is 0 Å². The Hall–Kier alpha value is -2.05. The van der Waals surface area contributed by atoms with E-state index in [4.69, 9.17) is 10.5 Å². The number of methoxy groups -OCH3 is 1. The maximum Gasteiger partial charge on any atom is 0.339 e. The van der Waals surface area contributed by atoms with Gasteiger partial charge in [-0.2, -0.15) is 0 Å². The van der Waals surface area contributed by atoms with E-state index in [-0.39, 0.29) is 18.8 Å². The van der Waals surface area contributed by atoms with E-state index in [1.54, 1.807) is 24.3 Å². The fraction of sp³-hybridized carbons (Fsp3) is 0.333. The van der Waals surface area contributed by atoms with E-state index in [9.17, 15) is 9.18 Å². The summed E-state index contributed by atoms with van der Waals surface area (Å²) in [5.41, 5.74) is 7.59. The Balaban J connectivity index is 2.42. The number of nitrogens with zero attached hydrogens (tertiary/aromatic N) is 1. The Morgan fingerprint density at radius 2 is 1.96 bits per heavy atom. The van der Waals surface area contributed by atoms with Crippen LogP contribution in [-0.4, -0.2) is 26.1 Å². The Kier molecular flexibility index (Phi) is 5.51. The first kappa shape index (κ1) is 18.3. The molecule has 4 nitrogen and oxygen atoms in total. The van der Waals surface area contributed by atoms with E-state index >= 15 is 0 Å². The number of nitrogens with two attached hydrogens (primary N) is 1. The van der Waals surface area contributed by atoms with E-state index < -0.39 is 14.0 Å². The summed E-state index contributed by atoms with van der Waals surface area (Å²) in [7, 11) is -0.263. The minimum absolute atomic E-state index is 0.218. The highest BCUT2D eigenvalue weighted by molar-refractivity contribution is 6.88. The van der Waals surface area contributed by atoms with E-state index in [1.165, 1.54) is 7.11 Å². The molecule has 0 fully saturated rings. The van der Waals surface area contributed by atoms with Gasteiger partial charge in [0.2, 0.25) is 0 Å². The number of rotatable bonds is 5. The number of aromatic nitrogens is 1. The lowest BCUT2D eigenvalue weighted by atomic mass is 10.0. The zero-order valence-corrected chi connectivity index (χ0v) is 15.5. The number of benzene rings is 1. The smallest absolute Gasteiger partial charge is 0.339 e. The van der Waals surface area contributed by atoms with Crippen molar-refractivity contribution in [1.82, 2.24) is 4.98 Å². The van der Waals surface area contributed by atoms with Gasteiger partial charge in [-0.3, -0.25) is 4.98 Å². The van der Waals surface area contributed by atoms with Gasteiger partial charge < -0.3 is 10.5 Å². The monoisotopic (exact) mass is 346 g/mol. The van der Waals surface area contributed by atoms with Crippen LogP contribution < -0.4 is 10.9 Å². The van der Waals surface area contributed by atoms with Gasteiger partial charge in [-0.15, -0.1) is 0 Å². The summed E-state index contributed by atoms with van der Waals surface area (Å²) in [4.78, 5) is 16.3. The minimum atomic E-state index is -1.58. The number of carbonyl (C=O) groups excluding carboxylic acids is 1. The maximum absolute atomic E-state index is 14.5. The number of pyridine rings is 1. The van der Waals surface area contributed by atoms with Crippen molar-refractivity contribution in [3.05, 3.63) is 58.7 Å². The van der Waals surface area contributed by atoms with Crippen LogP contribution in [0.1, 0.15) is 27.3 Å². The van der Waals surface area contributed by atoms with Gasteiger partial charge in [-0.25, -0.2) is 9.18 Å². The Morgan fingerprint density at radius 1 is 1.25 bits per heavy atom. The van der Waals surface area contributed by atoms with Gasteiger partial charge in [-0.1, -0.05) is 37.0 Å². The van der Waals surface area contributed by atoms with Crippen LogP contribution in [0.5, 0.6) is 0 Å². The van der Waals surface area contributed by atoms with Crippen LogP contribution in [-0.2, 0) is 17.7 Å². The molecule has 0 spiro atoms. The van der Waals surface area contributed by atoms with Gasteiger partial charge in [0.25, 0.3) is 0 Å². The molecule has 2 aromatic rings. The summed E-state index contributed by atoms with van der Waals surface area (Å²) in [5, 5.41) is 1.06. The van der Waals surface area contributed by atoms with E-state index in [0.29, 0.717) is 22.5 Å². The van der Waals surface area contributed by atoms with Crippen LogP contribution in [0.15, 0.2) is 30.3 Å². The molecular formula is C18H23FN2O2Si. The Bertz CT molecular complexity index is 757. The molecule has 0 unspecified atom stereocenters. The molecule has 0 aliphatic heterocycles. The highest BCUT2D eigenvalue weighted by atomic mass is 28.3. The van der Waals surface area contributed by atoms with Gasteiger partial charge in [0.05, 0.1) is 32.1 Å². The summed E-state index contributed by atoms with van der Waals surface area (Å²) in [6.45, 7) is 6.76. The lowest BCUT2D eigenvalue weighted by molar-refractivity contribution is 0.0599. The van der Waals surface area contributed by atoms with Gasteiger partial charge in [0.1, 0.15) is 5.82 Å². The molecule has 2 N–H and O–H groups in total. The van der Waals surface area contributed by atoms with E-state index in [0.717, 1.165) is 5.19 Å². The van der Waals surface area contributed by atoms with Crippen molar-refractivity contribution in [3.63, 3.8) is 0 Å². The van der Waals surface area contributed by atoms with E-state index in [2.05, 4.69) is 24.6 Å². The second-order valence-corrected chi connectivity index (χ2v) is 11.8. The normalized spacial score (nSPS) is 11.4. The highest BCUT2D eigenvalue weighted by Crippen LogP contribution is 2.17. The van der Waals surface area contributed by atoms with Crippen LogP contribution in [0, 0.1) is 5.82 Å². The Morgan fingerprint density at radius 3 is 2.50 bits per heavy atom. The largest absolute Gasteiger partial charge is 0.465 e. The third kappa shape index (κ3) is 4.07. The molecule has 1 aromatic heterocycles. The molecule has 0 atom stereocenters. The fourth-order valence-electron chi connectivity index (χ4n) is 2.43. The minimum Gasteiger partial charge on any atom is -0.465 e. The van der Waals surface area contributed by atoms with Gasteiger partial charge in [0, 0.05) is 13.0 Å². The number of halogens is 1. The highest BCUT2D eigenvalue weighted by Gasteiger charge is 2.20. The predicted molar refractivity (Wildman–Crippen MR) is 95.7 cm³/mol. The summed E-state index contributed by atoms with van der Waals surface area (Å²) < 4.78 is 19.3. The number of hydrogen-bond acceptors (Lipinski definition) is 4. The first-order valence-electron chi connectivity index (χ1n) is 7.82. The van der Waals surface area contributed by atoms with Crippen molar-refractivity contribution in [3.8, 4) is 0 Å². The zero-order chi connectivity index (χ0) is 17.9. The van der Waals surface area contributed by atoms with Crippen molar-refractivity contribution < 1.29 is 13.9 Å². The molecule has 1 aromatic carbocycles. The van der Waals surface area contributed by atoms with Gasteiger partial charge in [-0.05, 0) is 23.8 Å². The molecule has 0 saturated carbocycles. The van der Waals surface area contributed by atoms with Gasteiger partial charge in [0.15, 0.2) is 0 Å². The lowest BCUT2D eigenvalue weighted by Crippen LogP contribution is -2.37. The standard InChI is InChI=1S/C18H23FN2O2Si/c1-23-18(22)15-8-6-13(11-20)21-17(15)9-12-5-7-14(10-16(12)19)24(2,3)4/h5-8,10H,9,11,20H2,1-4H3. The molecule has 24 heavy (non-hydrogen) atoms. The van der Waals surface area contributed by atoms with Gasteiger partial charge >= 0.3 is 5.97 Å². The molecule has 0 bridgehead atoms. The van der Waals surface area contributed by atoms with Crippen molar-refractivity contribution in [2.45, 2.75) is 32.6 Å². The second-order valence-electron chi connectivity index (χ2n) is 6.73. The molecule has 0 radical (unpaired) electrons. The first-order chi connectivity index (χ1) is 11.3. The summed E-state index contributed by atoms with van der Waals surface area (Å²) >= 11 is 0. The molecule has 0 aliphatic carbocycles. The van der Waals surface area contributed by atoms with E-state index in [1.807, 2.05) is 6.07 Å². The molecule has 2 rings (SSSR count). The average Bonchev–Trinajstić information content (AvgIpc) is 2.54. The SMILES string of the molecule is COC(=O)c1ccc(CN)nc1Cc1ccc([Si](C)(C)C)cc1F. The fourth-order valence-corrected chi connectivity index (χ4v) is 3.57. The number of ether oxygens (including phenoxy) is 1. The molecule has 0 amide bonds. The molecule has 128 valence electrons. The van der Waals surface area contributed by atoms with Crippen LogP contribution in [0.3, 0.4) is 0 Å². The van der Waals surface area contributed by atoms with Crippen LogP contribution >= 0.6 is 0 Å². The number of carbonyl (C=O) groups is 1. The van der Waals surface area contributed by atoms with Crippen LogP contribution in [0.4, 0.5) is 4.39 Å². The van der Waals surface area contributed by atoms with Crippen molar-refractivity contribution in [2.75, 3.05) is 7.11 Å². The molecule has 6 heteroatoms. The average molecular weight is 346 g/mol. The summed E-state index contributed by atoms with van der Waals surface area (Å²) in [6, 6.07) is 8.66. The topological polar surface area (TPSA) is 65.2 Å². The van der Waals surface area contributed by atoms with Crippen molar-refractivity contribution in [2.24, 2.45) is 5.73 Å². The summed E-state index contributed by atoms with van der Waals surface area (Å²) in [6.07, 6.45) is 0.218. The van der Waals surface area contributed by atoms with Crippen LogP contribution in [0.2, 0.25) is 19.6 Å². The quantitative estimate of drug-likeness (QED) is 0.668. The predicted octanol–water partition coefficient (Wildman–Crippen LogP) is 2.60.